The second-order valence-electron chi connectivity index (χ2n) is 2.81. The standard InChI is InChI=1S/C9H14N2/c1-7(10)6-8-4-2-3-5-9(8)11/h2,4,6H,3,5,10-11H2,1H3/b7-6-. The molecule has 2 heteroatoms. The molecule has 0 aromatic carbocycles. The van der Waals surface area contributed by atoms with Crippen molar-refractivity contribution in [3.63, 3.8) is 0 Å². The van der Waals surface area contributed by atoms with E-state index < -0.39 is 0 Å². The van der Waals surface area contributed by atoms with Crippen molar-refractivity contribution < 1.29 is 0 Å². The molecule has 60 valence electrons. The minimum atomic E-state index is 0.800. The minimum absolute atomic E-state index is 0.800. The van der Waals surface area contributed by atoms with Gasteiger partial charge in [-0.3, -0.25) is 0 Å². The van der Waals surface area contributed by atoms with E-state index in [2.05, 4.69) is 6.08 Å². The van der Waals surface area contributed by atoms with Gasteiger partial charge >= 0.3 is 0 Å². The monoisotopic (exact) mass is 150 g/mol. The van der Waals surface area contributed by atoms with Crippen LogP contribution in [0.3, 0.4) is 0 Å². The van der Waals surface area contributed by atoms with Crippen molar-refractivity contribution in [2.45, 2.75) is 19.8 Å². The van der Waals surface area contributed by atoms with Crippen LogP contribution in [0.5, 0.6) is 0 Å². The smallest absolute Gasteiger partial charge is 0.0158 e. The lowest BCUT2D eigenvalue weighted by Gasteiger charge is -2.08. The SMILES string of the molecule is C/C(N)=C/C1=C(N)CCC=C1. The van der Waals surface area contributed by atoms with E-state index in [-0.39, 0.29) is 0 Å². The first-order valence-electron chi connectivity index (χ1n) is 3.79. The number of hydrogen-bond acceptors (Lipinski definition) is 2. The third-order valence-electron chi connectivity index (χ3n) is 1.63. The Balaban J connectivity index is 2.85. The molecule has 0 amide bonds. The lowest BCUT2D eigenvalue weighted by Crippen LogP contribution is -2.04. The second kappa shape index (κ2) is 3.28. The van der Waals surface area contributed by atoms with E-state index in [1.54, 1.807) is 0 Å². The van der Waals surface area contributed by atoms with Gasteiger partial charge in [-0.1, -0.05) is 12.2 Å². The third-order valence-corrected chi connectivity index (χ3v) is 1.63. The molecule has 1 aliphatic rings. The van der Waals surface area contributed by atoms with Crippen LogP contribution in [0, 0.1) is 0 Å². The average molecular weight is 150 g/mol. The van der Waals surface area contributed by atoms with Gasteiger partial charge in [0.15, 0.2) is 0 Å². The molecule has 0 atom stereocenters. The molecule has 2 nitrogen and oxygen atoms in total. The van der Waals surface area contributed by atoms with Crippen molar-refractivity contribution in [1.29, 1.82) is 0 Å². The molecule has 0 fully saturated rings. The van der Waals surface area contributed by atoms with Gasteiger partial charge in [0.05, 0.1) is 0 Å². The lowest BCUT2D eigenvalue weighted by atomic mass is 10.0. The molecule has 11 heavy (non-hydrogen) atoms. The molecule has 1 rings (SSSR count). The molecular formula is C9H14N2. The fourth-order valence-electron chi connectivity index (χ4n) is 1.09. The Hall–Kier alpha value is -1.18. The zero-order valence-corrected chi connectivity index (χ0v) is 6.80. The highest BCUT2D eigenvalue weighted by atomic mass is 14.6. The predicted octanol–water partition coefficient (Wildman–Crippen LogP) is 1.41. The first kappa shape index (κ1) is 7.92. The number of hydrogen-bond donors (Lipinski definition) is 2. The van der Waals surface area contributed by atoms with E-state index in [1.807, 2.05) is 19.1 Å². The van der Waals surface area contributed by atoms with E-state index >= 15 is 0 Å². The maximum Gasteiger partial charge on any atom is 0.0158 e. The number of allylic oxidation sites excluding steroid dienone is 6. The van der Waals surface area contributed by atoms with Gasteiger partial charge in [-0.2, -0.15) is 0 Å². The molecule has 0 bridgehead atoms. The predicted molar refractivity (Wildman–Crippen MR) is 47.5 cm³/mol. The zero-order chi connectivity index (χ0) is 8.27. The fraction of sp³-hybridized carbons (Fsp3) is 0.333. The molecule has 0 heterocycles. The molecule has 0 aliphatic heterocycles. The highest BCUT2D eigenvalue weighted by Crippen LogP contribution is 2.15. The van der Waals surface area contributed by atoms with Crippen LogP contribution in [0.1, 0.15) is 19.8 Å². The Labute approximate surface area is 67.3 Å². The Morgan fingerprint density at radius 1 is 1.64 bits per heavy atom. The molecule has 4 N–H and O–H groups in total. The van der Waals surface area contributed by atoms with Crippen molar-refractivity contribution in [1.82, 2.24) is 0 Å². The quantitative estimate of drug-likeness (QED) is 0.593. The van der Waals surface area contributed by atoms with E-state index in [4.69, 9.17) is 11.5 Å². The van der Waals surface area contributed by atoms with Crippen LogP contribution in [-0.4, -0.2) is 0 Å². The molecule has 0 aromatic rings. The first-order valence-corrected chi connectivity index (χ1v) is 3.79. The van der Waals surface area contributed by atoms with E-state index in [1.165, 1.54) is 0 Å². The molecule has 0 spiro atoms. The van der Waals surface area contributed by atoms with Crippen LogP contribution in [-0.2, 0) is 0 Å². The minimum Gasteiger partial charge on any atom is -0.402 e. The van der Waals surface area contributed by atoms with Gasteiger partial charge in [-0.05, 0) is 31.4 Å². The van der Waals surface area contributed by atoms with E-state index in [0.717, 1.165) is 29.8 Å². The summed E-state index contributed by atoms with van der Waals surface area (Å²) in [6, 6.07) is 0. The number of rotatable bonds is 1. The normalized spacial score (nSPS) is 19.2. The molecule has 0 unspecified atom stereocenters. The van der Waals surface area contributed by atoms with Gasteiger partial charge in [-0.15, -0.1) is 0 Å². The van der Waals surface area contributed by atoms with Gasteiger partial charge in [0.2, 0.25) is 0 Å². The van der Waals surface area contributed by atoms with Gasteiger partial charge < -0.3 is 11.5 Å². The topological polar surface area (TPSA) is 52.0 Å². The Morgan fingerprint density at radius 3 is 2.91 bits per heavy atom. The van der Waals surface area contributed by atoms with Crippen LogP contribution in [0.2, 0.25) is 0 Å². The summed E-state index contributed by atoms with van der Waals surface area (Å²) >= 11 is 0. The fourth-order valence-corrected chi connectivity index (χ4v) is 1.09. The summed E-state index contributed by atoms with van der Waals surface area (Å²) in [6.07, 6.45) is 8.05. The van der Waals surface area contributed by atoms with Gasteiger partial charge in [0, 0.05) is 11.4 Å². The molecular weight excluding hydrogens is 136 g/mol. The summed E-state index contributed by atoms with van der Waals surface area (Å²) in [5, 5.41) is 0. The molecule has 0 saturated carbocycles. The summed E-state index contributed by atoms with van der Waals surface area (Å²) in [7, 11) is 0. The highest BCUT2D eigenvalue weighted by molar-refractivity contribution is 5.38. The van der Waals surface area contributed by atoms with Crippen molar-refractivity contribution in [3.8, 4) is 0 Å². The second-order valence-corrected chi connectivity index (χ2v) is 2.81. The van der Waals surface area contributed by atoms with Crippen molar-refractivity contribution in [2.24, 2.45) is 11.5 Å². The van der Waals surface area contributed by atoms with E-state index in [9.17, 15) is 0 Å². The van der Waals surface area contributed by atoms with Crippen molar-refractivity contribution in [3.05, 3.63) is 35.2 Å². The summed E-state index contributed by atoms with van der Waals surface area (Å²) < 4.78 is 0. The van der Waals surface area contributed by atoms with Crippen molar-refractivity contribution >= 4 is 0 Å². The third kappa shape index (κ3) is 2.15. The van der Waals surface area contributed by atoms with E-state index in [0.29, 0.717) is 0 Å². The van der Waals surface area contributed by atoms with Gasteiger partial charge in [0.25, 0.3) is 0 Å². The van der Waals surface area contributed by atoms with Gasteiger partial charge in [0.1, 0.15) is 0 Å². The molecule has 1 aliphatic carbocycles. The maximum absolute atomic E-state index is 5.76. The van der Waals surface area contributed by atoms with Crippen LogP contribution < -0.4 is 11.5 Å². The van der Waals surface area contributed by atoms with Crippen LogP contribution >= 0.6 is 0 Å². The number of nitrogens with two attached hydrogens (primary N) is 2. The largest absolute Gasteiger partial charge is 0.402 e. The van der Waals surface area contributed by atoms with Crippen molar-refractivity contribution in [2.75, 3.05) is 0 Å². The summed E-state index contributed by atoms with van der Waals surface area (Å²) in [5.41, 5.74) is 14.1. The molecule has 0 aromatic heterocycles. The Morgan fingerprint density at radius 2 is 2.36 bits per heavy atom. The summed E-state index contributed by atoms with van der Waals surface area (Å²) in [5.74, 6) is 0. The lowest BCUT2D eigenvalue weighted by molar-refractivity contribution is 0.929. The summed E-state index contributed by atoms with van der Waals surface area (Å²) in [4.78, 5) is 0. The Bertz CT molecular complexity index is 230. The first-order chi connectivity index (χ1) is 5.20. The Kier molecular flexibility index (Phi) is 2.36. The maximum atomic E-state index is 5.76. The molecule has 0 radical (unpaired) electrons. The average Bonchev–Trinajstić information content (AvgIpc) is 1.93. The highest BCUT2D eigenvalue weighted by Gasteiger charge is 2.01. The van der Waals surface area contributed by atoms with Gasteiger partial charge in [-0.25, -0.2) is 0 Å². The molecule has 0 saturated heterocycles. The van der Waals surface area contributed by atoms with Crippen LogP contribution in [0.15, 0.2) is 35.2 Å². The zero-order valence-electron chi connectivity index (χ0n) is 6.80. The summed E-state index contributed by atoms with van der Waals surface area (Å²) in [6.45, 7) is 1.86. The van der Waals surface area contributed by atoms with Crippen LogP contribution in [0.4, 0.5) is 0 Å². The van der Waals surface area contributed by atoms with Crippen LogP contribution in [0.25, 0.3) is 0 Å².